The maximum atomic E-state index is 12.0. The van der Waals surface area contributed by atoms with Gasteiger partial charge >= 0.3 is 0 Å². The molecule has 3 nitrogen and oxygen atoms in total. The second-order valence-corrected chi connectivity index (χ2v) is 6.92. The van der Waals surface area contributed by atoms with E-state index >= 15 is 0 Å². The van der Waals surface area contributed by atoms with Crippen LogP contribution in [0.1, 0.15) is 22.8 Å². The normalized spacial score (nSPS) is 10.3. The SMILES string of the molecule is CCc1ccc(NC(=O)CSCC(=O)c2ccc(Br)cc2)cc1. The zero-order valence-electron chi connectivity index (χ0n) is 12.8. The lowest BCUT2D eigenvalue weighted by Gasteiger charge is -2.06. The fourth-order valence-corrected chi connectivity index (χ4v) is 2.95. The van der Waals surface area contributed by atoms with E-state index in [0.717, 1.165) is 16.6 Å². The van der Waals surface area contributed by atoms with Crippen molar-refractivity contribution in [1.82, 2.24) is 0 Å². The maximum Gasteiger partial charge on any atom is 0.234 e. The Morgan fingerprint density at radius 1 is 1.00 bits per heavy atom. The lowest BCUT2D eigenvalue weighted by atomic mass is 10.1. The highest BCUT2D eigenvalue weighted by Gasteiger charge is 2.08. The monoisotopic (exact) mass is 391 g/mol. The zero-order valence-corrected chi connectivity index (χ0v) is 15.2. The average molecular weight is 392 g/mol. The van der Waals surface area contributed by atoms with Crippen LogP contribution in [0.5, 0.6) is 0 Å². The van der Waals surface area contributed by atoms with Crippen LogP contribution < -0.4 is 5.32 Å². The summed E-state index contributed by atoms with van der Waals surface area (Å²) in [6.45, 7) is 2.09. The summed E-state index contributed by atoms with van der Waals surface area (Å²) in [5.74, 6) is 0.493. The highest BCUT2D eigenvalue weighted by atomic mass is 79.9. The largest absolute Gasteiger partial charge is 0.325 e. The first-order valence-corrected chi connectivity index (χ1v) is 9.28. The standard InChI is InChI=1S/C18H18BrNO2S/c1-2-13-3-9-16(10-4-13)20-18(22)12-23-11-17(21)14-5-7-15(19)8-6-14/h3-10H,2,11-12H2,1H3,(H,20,22). The summed E-state index contributed by atoms with van der Waals surface area (Å²) in [4.78, 5) is 23.9. The minimum atomic E-state index is -0.0946. The van der Waals surface area contributed by atoms with Crippen LogP contribution in [-0.2, 0) is 11.2 Å². The molecule has 0 bridgehead atoms. The highest BCUT2D eigenvalue weighted by molar-refractivity contribution is 9.10. The summed E-state index contributed by atoms with van der Waals surface area (Å²) in [5, 5.41) is 2.84. The number of carbonyl (C=O) groups excluding carboxylic acids is 2. The van der Waals surface area contributed by atoms with Gasteiger partial charge in [-0.2, -0.15) is 0 Å². The number of halogens is 1. The Labute approximate surface area is 149 Å². The minimum Gasteiger partial charge on any atom is -0.325 e. The smallest absolute Gasteiger partial charge is 0.234 e. The van der Waals surface area contributed by atoms with Crippen LogP contribution in [0, 0.1) is 0 Å². The first-order valence-electron chi connectivity index (χ1n) is 7.34. The highest BCUT2D eigenvalue weighted by Crippen LogP contribution is 2.14. The molecule has 0 radical (unpaired) electrons. The summed E-state index contributed by atoms with van der Waals surface area (Å²) >= 11 is 4.66. The molecule has 120 valence electrons. The van der Waals surface area contributed by atoms with Gasteiger partial charge in [0, 0.05) is 15.7 Å². The molecular weight excluding hydrogens is 374 g/mol. The minimum absolute atomic E-state index is 0.0302. The molecule has 0 saturated heterocycles. The Balaban J connectivity index is 1.75. The Hall–Kier alpha value is -1.59. The van der Waals surface area contributed by atoms with E-state index in [2.05, 4.69) is 28.2 Å². The molecule has 0 saturated carbocycles. The molecule has 2 aromatic carbocycles. The quantitative estimate of drug-likeness (QED) is 0.703. The van der Waals surface area contributed by atoms with Crippen LogP contribution in [0.3, 0.4) is 0 Å². The van der Waals surface area contributed by atoms with E-state index in [4.69, 9.17) is 0 Å². The topological polar surface area (TPSA) is 46.2 Å². The van der Waals surface area contributed by atoms with Gasteiger partial charge in [0.05, 0.1) is 11.5 Å². The van der Waals surface area contributed by atoms with Gasteiger partial charge in [0.2, 0.25) is 5.91 Å². The van der Waals surface area contributed by atoms with E-state index in [1.54, 1.807) is 12.1 Å². The summed E-state index contributed by atoms with van der Waals surface area (Å²) in [6, 6.07) is 15.0. The van der Waals surface area contributed by atoms with Gasteiger partial charge in [-0.15, -0.1) is 11.8 Å². The summed E-state index contributed by atoms with van der Waals surface area (Å²) in [5.41, 5.74) is 2.68. The maximum absolute atomic E-state index is 12.0. The molecule has 0 heterocycles. The number of nitrogens with one attached hydrogen (secondary N) is 1. The molecule has 0 atom stereocenters. The van der Waals surface area contributed by atoms with E-state index in [1.165, 1.54) is 17.3 Å². The average Bonchev–Trinajstić information content (AvgIpc) is 2.56. The van der Waals surface area contributed by atoms with E-state index < -0.39 is 0 Å². The van der Waals surface area contributed by atoms with Crippen molar-refractivity contribution >= 4 is 45.1 Å². The Morgan fingerprint density at radius 2 is 1.65 bits per heavy atom. The van der Waals surface area contributed by atoms with Gasteiger partial charge in [-0.05, 0) is 36.2 Å². The zero-order chi connectivity index (χ0) is 16.7. The molecular formula is C18H18BrNO2S. The molecule has 1 N–H and O–H groups in total. The van der Waals surface area contributed by atoms with Crippen LogP contribution in [0.15, 0.2) is 53.0 Å². The molecule has 0 aliphatic heterocycles. The van der Waals surface area contributed by atoms with Crippen LogP contribution in [-0.4, -0.2) is 23.2 Å². The third-order valence-corrected chi connectivity index (χ3v) is 4.74. The van der Waals surface area contributed by atoms with Crippen molar-refractivity contribution in [2.75, 3.05) is 16.8 Å². The molecule has 0 spiro atoms. The second kappa shape index (κ2) is 8.89. The molecule has 2 aromatic rings. The molecule has 23 heavy (non-hydrogen) atoms. The predicted molar refractivity (Wildman–Crippen MR) is 100 cm³/mol. The number of carbonyl (C=O) groups is 2. The van der Waals surface area contributed by atoms with Gasteiger partial charge in [-0.25, -0.2) is 0 Å². The van der Waals surface area contributed by atoms with Gasteiger partial charge < -0.3 is 5.32 Å². The fraction of sp³-hybridized carbons (Fsp3) is 0.222. The van der Waals surface area contributed by atoms with Gasteiger partial charge in [-0.1, -0.05) is 47.1 Å². The van der Waals surface area contributed by atoms with Gasteiger partial charge in [-0.3, -0.25) is 9.59 Å². The molecule has 0 aromatic heterocycles. The van der Waals surface area contributed by atoms with Crippen molar-refractivity contribution in [2.45, 2.75) is 13.3 Å². The van der Waals surface area contributed by atoms with Crippen LogP contribution >= 0.6 is 27.7 Å². The Bertz CT molecular complexity index is 668. The Kier molecular flexibility index (Phi) is 6.86. The summed E-state index contributed by atoms with van der Waals surface area (Å²) < 4.78 is 0.940. The molecule has 1 amide bonds. The van der Waals surface area contributed by atoms with E-state index in [1.807, 2.05) is 36.4 Å². The number of amides is 1. The number of benzene rings is 2. The number of Topliss-reactive ketones (excluding diaryl/α,β-unsaturated/α-hetero) is 1. The number of thioether (sulfide) groups is 1. The number of hydrogen-bond donors (Lipinski definition) is 1. The number of rotatable bonds is 7. The van der Waals surface area contributed by atoms with Gasteiger partial charge in [0.15, 0.2) is 5.78 Å². The van der Waals surface area contributed by atoms with E-state index in [9.17, 15) is 9.59 Å². The third kappa shape index (κ3) is 5.84. The number of anilines is 1. The van der Waals surface area contributed by atoms with Crippen molar-refractivity contribution in [2.24, 2.45) is 0 Å². The first kappa shape index (κ1) is 17.8. The summed E-state index contributed by atoms with van der Waals surface area (Å²) in [7, 11) is 0. The summed E-state index contributed by atoms with van der Waals surface area (Å²) in [6.07, 6.45) is 0.974. The molecule has 5 heteroatoms. The van der Waals surface area contributed by atoms with Gasteiger partial charge in [0.1, 0.15) is 0 Å². The van der Waals surface area contributed by atoms with Crippen LogP contribution in [0.4, 0.5) is 5.69 Å². The molecule has 0 unspecified atom stereocenters. The van der Waals surface area contributed by atoms with Crippen molar-refractivity contribution in [3.63, 3.8) is 0 Å². The van der Waals surface area contributed by atoms with Crippen molar-refractivity contribution in [3.05, 3.63) is 64.1 Å². The molecule has 2 rings (SSSR count). The molecule has 0 fully saturated rings. The van der Waals surface area contributed by atoms with Crippen molar-refractivity contribution in [3.8, 4) is 0 Å². The second-order valence-electron chi connectivity index (χ2n) is 5.02. The number of ketones is 1. The van der Waals surface area contributed by atoms with Gasteiger partial charge in [0.25, 0.3) is 0 Å². The molecule has 0 aliphatic carbocycles. The number of hydrogen-bond acceptors (Lipinski definition) is 3. The lowest BCUT2D eigenvalue weighted by Crippen LogP contribution is -2.15. The van der Waals surface area contributed by atoms with E-state index in [-0.39, 0.29) is 17.4 Å². The predicted octanol–water partition coefficient (Wildman–Crippen LogP) is 4.57. The van der Waals surface area contributed by atoms with E-state index in [0.29, 0.717) is 11.3 Å². The third-order valence-electron chi connectivity index (χ3n) is 3.28. The first-order chi connectivity index (χ1) is 11.1. The Morgan fingerprint density at radius 3 is 2.26 bits per heavy atom. The number of aryl methyl sites for hydroxylation is 1. The fourth-order valence-electron chi connectivity index (χ4n) is 1.98. The molecule has 0 aliphatic rings. The van der Waals surface area contributed by atoms with Crippen molar-refractivity contribution in [1.29, 1.82) is 0 Å². The lowest BCUT2D eigenvalue weighted by molar-refractivity contribution is -0.113. The van der Waals surface area contributed by atoms with Crippen LogP contribution in [0.2, 0.25) is 0 Å². The van der Waals surface area contributed by atoms with Crippen LogP contribution in [0.25, 0.3) is 0 Å². The van der Waals surface area contributed by atoms with Crippen molar-refractivity contribution < 1.29 is 9.59 Å².